The predicted octanol–water partition coefficient (Wildman–Crippen LogP) is 1.13. The molecule has 2 amide bonds. The molecule has 2 rings (SSSR count). The normalized spacial score (nSPS) is 15.0. The Bertz CT molecular complexity index is 333. The van der Waals surface area contributed by atoms with E-state index in [2.05, 4.69) is 7.05 Å². The Hall–Kier alpha value is -1.35. The van der Waals surface area contributed by atoms with Gasteiger partial charge >= 0.3 is 6.03 Å². The highest BCUT2D eigenvalue weighted by atomic mass is 16.2. The van der Waals surface area contributed by atoms with Gasteiger partial charge in [-0.3, -0.25) is 4.90 Å². The fraction of sp³-hybridized carbons (Fsp3) is 0.333. The number of carbonyl (C=O) groups excluding carboxylic acids is 1. The summed E-state index contributed by atoms with van der Waals surface area (Å²) in [5.41, 5.74) is 1.18. The van der Waals surface area contributed by atoms with Crippen LogP contribution in [0.1, 0.15) is 18.4 Å². The van der Waals surface area contributed by atoms with E-state index in [4.69, 9.17) is 0 Å². The first-order valence-corrected chi connectivity index (χ1v) is 5.28. The van der Waals surface area contributed by atoms with Gasteiger partial charge in [0.05, 0.1) is 6.54 Å². The SMILES string of the molecule is [CH2-][NH2+]C(=O)N(Cc1ccccc1)C1CC1. The van der Waals surface area contributed by atoms with Crippen LogP contribution in [-0.2, 0) is 6.54 Å². The Kier molecular flexibility index (Phi) is 3.02. The quantitative estimate of drug-likeness (QED) is 0.736. The third-order valence-electron chi connectivity index (χ3n) is 2.64. The van der Waals surface area contributed by atoms with E-state index in [0.29, 0.717) is 12.6 Å². The second kappa shape index (κ2) is 4.45. The molecule has 15 heavy (non-hydrogen) atoms. The van der Waals surface area contributed by atoms with Crippen molar-refractivity contribution in [3.05, 3.63) is 42.9 Å². The van der Waals surface area contributed by atoms with Crippen LogP contribution < -0.4 is 5.32 Å². The van der Waals surface area contributed by atoms with Gasteiger partial charge in [-0.05, 0) is 18.4 Å². The molecule has 1 aliphatic carbocycles. The molecule has 3 nitrogen and oxygen atoms in total. The fourth-order valence-corrected chi connectivity index (χ4v) is 1.67. The number of nitrogens with two attached hydrogens (primary N) is 1. The van der Waals surface area contributed by atoms with E-state index >= 15 is 0 Å². The maximum Gasteiger partial charge on any atom is 0.390 e. The Morgan fingerprint density at radius 3 is 2.60 bits per heavy atom. The average Bonchev–Trinajstić information content (AvgIpc) is 3.10. The van der Waals surface area contributed by atoms with Crippen molar-refractivity contribution in [2.75, 3.05) is 0 Å². The van der Waals surface area contributed by atoms with E-state index in [-0.39, 0.29) is 6.03 Å². The van der Waals surface area contributed by atoms with Crippen LogP contribution in [0, 0.1) is 7.05 Å². The van der Waals surface area contributed by atoms with E-state index in [9.17, 15) is 4.79 Å². The van der Waals surface area contributed by atoms with Crippen molar-refractivity contribution in [3.8, 4) is 0 Å². The molecular weight excluding hydrogens is 188 g/mol. The minimum absolute atomic E-state index is 0.0429. The summed E-state index contributed by atoms with van der Waals surface area (Å²) < 4.78 is 0. The Morgan fingerprint density at radius 2 is 2.07 bits per heavy atom. The maximum atomic E-state index is 11.6. The van der Waals surface area contributed by atoms with Gasteiger partial charge in [0.1, 0.15) is 0 Å². The van der Waals surface area contributed by atoms with Gasteiger partial charge in [-0.15, -0.1) is 7.05 Å². The smallest absolute Gasteiger partial charge is 0.390 e. The molecule has 0 saturated heterocycles. The van der Waals surface area contributed by atoms with Gasteiger partial charge in [0.2, 0.25) is 0 Å². The van der Waals surface area contributed by atoms with Crippen molar-refractivity contribution in [1.82, 2.24) is 4.90 Å². The molecule has 0 bridgehead atoms. The summed E-state index contributed by atoms with van der Waals surface area (Å²) in [4.78, 5) is 13.5. The lowest BCUT2D eigenvalue weighted by Gasteiger charge is -2.20. The minimum atomic E-state index is 0.0429. The first kappa shape index (κ1) is 10.2. The number of urea groups is 1. The van der Waals surface area contributed by atoms with Gasteiger partial charge in [0, 0.05) is 6.04 Å². The van der Waals surface area contributed by atoms with E-state index in [1.807, 2.05) is 35.2 Å². The molecule has 3 heteroatoms. The van der Waals surface area contributed by atoms with Crippen LogP contribution in [0.25, 0.3) is 0 Å². The lowest BCUT2D eigenvalue weighted by Crippen LogP contribution is -2.84. The fourth-order valence-electron chi connectivity index (χ4n) is 1.67. The number of nitrogens with zero attached hydrogens (tertiary/aromatic N) is 1. The van der Waals surface area contributed by atoms with Crippen molar-refractivity contribution >= 4 is 6.03 Å². The lowest BCUT2D eigenvalue weighted by atomic mass is 10.2. The van der Waals surface area contributed by atoms with Crippen molar-refractivity contribution in [3.63, 3.8) is 0 Å². The molecule has 80 valence electrons. The highest BCUT2D eigenvalue weighted by molar-refractivity contribution is 5.64. The van der Waals surface area contributed by atoms with Gasteiger partial charge < -0.3 is 5.32 Å². The van der Waals surface area contributed by atoms with Crippen LogP contribution in [0.4, 0.5) is 4.79 Å². The largest absolute Gasteiger partial charge is 0.395 e. The Morgan fingerprint density at radius 1 is 1.40 bits per heavy atom. The van der Waals surface area contributed by atoms with Gasteiger partial charge in [-0.25, -0.2) is 4.79 Å². The number of hydrogen-bond acceptors (Lipinski definition) is 1. The minimum Gasteiger partial charge on any atom is -0.395 e. The zero-order valence-electron chi connectivity index (χ0n) is 8.73. The molecule has 0 spiro atoms. The second-order valence-electron chi connectivity index (χ2n) is 3.89. The molecule has 0 aliphatic heterocycles. The van der Waals surface area contributed by atoms with Crippen LogP contribution in [-0.4, -0.2) is 17.0 Å². The summed E-state index contributed by atoms with van der Waals surface area (Å²) in [6.45, 7) is 0.705. The van der Waals surface area contributed by atoms with Crippen LogP contribution in [0.15, 0.2) is 30.3 Å². The van der Waals surface area contributed by atoms with Crippen molar-refractivity contribution in [1.29, 1.82) is 0 Å². The van der Waals surface area contributed by atoms with Crippen molar-refractivity contribution in [2.45, 2.75) is 25.4 Å². The van der Waals surface area contributed by atoms with E-state index in [0.717, 1.165) is 12.8 Å². The Balaban J connectivity index is 2.04. The van der Waals surface area contributed by atoms with Crippen LogP contribution in [0.3, 0.4) is 0 Å². The highest BCUT2D eigenvalue weighted by Gasteiger charge is 2.33. The molecule has 0 radical (unpaired) electrons. The summed E-state index contributed by atoms with van der Waals surface area (Å²) in [5.74, 6) is 0. The maximum absolute atomic E-state index is 11.6. The van der Waals surface area contributed by atoms with E-state index in [1.54, 1.807) is 0 Å². The zero-order valence-corrected chi connectivity index (χ0v) is 8.73. The standard InChI is InChI=1S/C12H16N2O/c1-13-12(15)14(11-7-8-11)9-10-5-3-2-4-6-10/h2-6,11H,1,7-9,13H2. The first-order chi connectivity index (χ1) is 7.31. The molecule has 1 aromatic rings. The highest BCUT2D eigenvalue weighted by Crippen LogP contribution is 2.27. The van der Waals surface area contributed by atoms with Gasteiger partial charge in [-0.2, -0.15) is 0 Å². The van der Waals surface area contributed by atoms with E-state index < -0.39 is 0 Å². The number of benzene rings is 1. The molecule has 0 aromatic heterocycles. The summed E-state index contributed by atoms with van der Waals surface area (Å²) in [6, 6.07) is 10.6. The number of primary amides is 1. The second-order valence-corrected chi connectivity index (χ2v) is 3.89. The summed E-state index contributed by atoms with van der Waals surface area (Å²) in [5, 5.41) is 1.40. The summed E-state index contributed by atoms with van der Waals surface area (Å²) in [6.07, 6.45) is 2.26. The monoisotopic (exact) mass is 204 g/mol. The number of hydrogen-bond donors (Lipinski definition) is 1. The third-order valence-corrected chi connectivity index (χ3v) is 2.64. The average molecular weight is 204 g/mol. The third kappa shape index (κ3) is 2.57. The molecule has 1 aromatic carbocycles. The Labute approximate surface area is 90.1 Å². The number of quaternary nitrogens is 1. The molecule has 1 fully saturated rings. The van der Waals surface area contributed by atoms with Crippen molar-refractivity contribution in [2.24, 2.45) is 0 Å². The zero-order chi connectivity index (χ0) is 10.7. The molecule has 0 atom stereocenters. The number of rotatable bonds is 3. The van der Waals surface area contributed by atoms with Crippen LogP contribution in [0.5, 0.6) is 0 Å². The summed E-state index contributed by atoms with van der Waals surface area (Å²) >= 11 is 0. The van der Waals surface area contributed by atoms with Crippen LogP contribution >= 0.6 is 0 Å². The van der Waals surface area contributed by atoms with Crippen molar-refractivity contribution < 1.29 is 10.1 Å². The first-order valence-electron chi connectivity index (χ1n) is 5.28. The summed E-state index contributed by atoms with van der Waals surface area (Å²) in [7, 11) is 3.54. The molecule has 1 saturated carbocycles. The topological polar surface area (TPSA) is 36.9 Å². The molecule has 2 N–H and O–H groups in total. The molecular formula is C12H16N2O. The number of amides is 2. The van der Waals surface area contributed by atoms with E-state index in [1.165, 1.54) is 10.9 Å². The van der Waals surface area contributed by atoms with Gasteiger partial charge in [-0.1, -0.05) is 30.3 Å². The lowest BCUT2D eigenvalue weighted by molar-refractivity contribution is -0.498. The molecule has 0 unspecified atom stereocenters. The predicted molar refractivity (Wildman–Crippen MR) is 57.7 cm³/mol. The van der Waals surface area contributed by atoms with Gasteiger partial charge in [0.15, 0.2) is 0 Å². The van der Waals surface area contributed by atoms with Gasteiger partial charge in [0.25, 0.3) is 0 Å². The number of carbonyl (C=O) groups is 1. The molecule has 0 heterocycles. The molecule has 1 aliphatic rings. The van der Waals surface area contributed by atoms with Crippen LogP contribution in [0.2, 0.25) is 0 Å².